The largest absolute Gasteiger partial charge is 0.465 e. The summed E-state index contributed by atoms with van der Waals surface area (Å²) in [6.45, 7) is 0. The van der Waals surface area contributed by atoms with Crippen LogP contribution in [0.5, 0.6) is 0 Å². The zero-order valence-corrected chi connectivity index (χ0v) is 11.6. The van der Waals surface area contributed by atoms with Gasteiger partial charge in [-0.2, -0.15) is 4.68 Å². The van der Waals surface area contributed by atoms with Crippen LogP contribution < -0.4 is 11.1 Å². The van der Waals surface area contributed by atoms with Crippen LogP contribution in [0.15, 0.2) is 18.5 Å². The monoisotopic (exact) mass is 288 g/mol. The van der Waals surface area contributed by atoms with Crippen LogP contribution >= 0.6 is 0 Å². The molecule has 2 aromatic heterocycles. The number of carbonyl (C=O) groups excluding carboxylic acids is 1. The van der Waals surface area contributed by atoms with E-state index in [1.54, 1.807) is 18.5 Å². The van der Waals surface area contributed by atoms with E-state index in [4.69, 9.17) is 10.5 Å². The van der Waals surface area contributed by atoms with Gasteiger partial charge in [-0.1, -0.05) is 0 Å². The number of nitrogens with zero attached hydrogens (tertiary/aromatic N) is 4. The van der Waals surface area contributed by atoms with Crippen LogP contribution in [0, 0.1) is 0 Å². The van der Waals surface area contributed by atoms with E-state index in [2.05, 4.69) is 20.4 Å². The van der Waals surface area contributed by atoms with Crippen LogP contribution in [0.2, 0.25) is 0 Å². The minimum absolute atomic E-state index is 0.162. The third kappa shape index (κ3) is 2.39. The highest BCUT2D eigenvalue weighted by molar-refractivity contribution is 5.99. The van der Waals surface area contributed by atoms with Crippen LogP contribution in [-0.4, -0.2) is 38.9 Å². The Bertz CT molecular complexity index is 650. The minimum atomic E-state index is -0.531. The van der Waals surface area contributed by atoms with Crippen molar-refractivity contribution in [2.24, 2.45) is 0 Å². The second-order valence-electron chi connectivity index (χ2n) is 4.83. The molecule has 21 heavy (non-hydrogen) atoms. The molecule has 1 aliphatic rings. The molecule has 0 spiro atoms. The number of nitrogens with two attached hydrogens (primary N) is 1. The van der Waals surface area contributed by atoms with Gasteiger partial charge in [0.05, 0.1) is 7.11 Å². The molecule has 0 saturated heterocycles. The molecule has 1 fully saturated rings. The maximum absolute atomic E-state index is 12.0. The summed E-state index contributed by atoms with van der Waals surface area (Å²) in [4.78, 5) is 20.1. The van der Waals surface area contributed by atoms with Crippen molar-refractivity contribution in [2.75, 3.05) is 18.2 Å². The highest BCUT2D eigenvalue weighted by atomic mass is 16.5. The van der Waals surface area contributed by atoms with Gasteiger partial charge in [-0.25, -0.2) is 14.8 Å². The first-order valence-corrected chi connectivity index (χ1v) is 6.71. The van der Waals surface area contributed by atoms with Crippen molar-refractivity contribution in [2.45, 2.75) is 25.3 Å². The van der Waals surface area contributed by atoms with Crippen molar-refractivity contribution < 1.29 is 9.53 Å². The molecule has 0 unspecified atom stereocenters. The zero-order valence-electron chi connectivity index (χ0n) is 11.6. The molecule has 2 heterocycles. The summed E-state index contributed by atoms with van der Waals surface area (Å²) in [6.07, 6.45) is 6.44. The standard InChI is InChI=1S/C13H16N6O2/c1-21-12(20)9-10(14)19(13-15-6-3-7-16-13)18-11(9)17-8-4-2-5-8/h3,6-8H,2,4-5,14H2,1H3,(H,17,18). The maximum Gasteiger partial charge on any atom is 0.345 e. The lowest BCUT2D eigenvalue weighted by Gasteiger charge is -2.26. The minimum Gasteiger partial charge on any atom is -0.465 e. The summed E-state index contributed by atoms with van der Waals surface area (Å²) in [6, 6.07) is 2.01. The summed E-state index contributed by atoms with van der Waals surface area (Å²) in [7, 11) is 1.31. The number of rotatable bonds is 4. The van der Waals surface area contributed by atoms with E-state index in [1.165, 1.54) is 18.2 Å². The van der Waals surface area contributed by atoms with Crippen molar-refractivity contribution in [3.8, 4) is 5.95 Å². The van der Waals surface area contributed by atoms with Crippen LogP contribution in [0.25, 0.3) is 5.95 Å². The number of methoxy groups -OCH3 is 1. The smallest absolute Gasteiger partial charge is 0.345 e. The number of anilines is 2. The molecule has 110 valence electrons. The fourth-order valence-corrected chi connectivity index (χ4v) is 2.13. The van der Waals surface area contributed by atoms with Crippen LogP contribution in [0.4, 0.5) is 11.6 Å². The number of hydrogen-bond donors (Lipinski definition) is 2. The predicted molar refractivity (Wildman–Crippen MR) is 76.2 cm³/mol. The average molecular weight is 288 g/mol. The Morgan fingerprint density at radius 2 is 2.14 bits per heavy atom. The van der Waals surface area contributed by atoms with E-state index in [0.717, 1.165) is 12.8 Å². The van der Waals surface area contributed by atoms with Gasteiger partial charge in [0.1, 0.15) is 11.4 Å². The molecule has 1 saturated carbocycles. The molecule has 3 N–H and O–H groups in total. The van der Waals surface area contributed by atoms with Gasteiger partial charge in [-0.15, -0.1) is 5.10 Å². The first-order valence-electron chi connectivity index (χ1n) is 6.71. The van der Waals surface area contributed by atoms with E-state index in [0.29, 0.717) is 17.8 Å². The highest BCUT2D eigenvalue weighted by Crippen LogP contribution is 2.29. The Morgan fingerprint density at radius 3 is 2.71 bits per heavy atom. The van der Waals surface area contributed by atoms with E-state index < -0.39 is 5.97 Å². The summed E-state index contributed by atoms with van der Waals surface area (Å²) >= 11 is 0. The summed E-state index contributed by atoms with van der Waals surface area (Å²) in [5, 5.41) is 7.55. The molecular formula is C13H16N6O2. The third-order valence-electron chi connectivity index (χ3n) is 3.50. The quantitative estimate of drug-likeness (QED) is 0.808. The number of aromatic nitrogens is 4. The molecule has 3 rings (SSSR count). The SMILES string of the molecule is COC(=O)c1c(NC2CCC2)nn(-c2ncccn2)c1N. The van der Waals surface area contributed by atoms with Crippen molar-refractivity contribution in [1.29, 1.82) is 0 Å². The van der Waals surface area contributed by atoms with Gasteiger partial charge < -0.3 is 15.8 Å². The van der Waals surface area contributed by atoms with Crippen molar-refractivity contribution in [3.05, 3.63) is 24.0 Å². The Hall–Kier alpha value is -2.64. The molecule has 0 amide bonds. The van der Waals surface area contributed by atoms with E-state index in [-0.39, 0.29) is 11.4 Å². The summed E-state index contributed by atoms with van der Waals surface area (Å²) in [5.74, 6) is 0.352. The molecule has 0 radical (unpaired) electrons. The number of nitrogen functional groups attached to an aromatic ring is 1. The van der Waals surface area contributed by atoms with Gasteiger partial charge in [0.25, 0.3) is 5.95 Å². The van der Waals surface area contributed by atoms with Crippen LogP contribution in [0.3, 0.4) is 0 Å². The maximum atomic E-state index is 12.0. The van der Waals surface area contributed by atoms with Gasteiger partial charge in [-0.3, -0.25) is 0 Å². The number of carbonyl (C=O) groups is 1. The average Bonchev–Trinajstić information content (AvgIpc) is 2.80. The number of ether oxygens (including phenoxy) is 1. The first kappa shape index (κ1) is 13.3. The number of esters is 1. The number of hydrogen-bond acceptors (Lipinski definition) is 7. The molecule has 1 aliphatic carbocycles. The molecule has 2 aromatic rings. The Balaban J connectivity index is 2.03. The van der Waals surface area contributed by atoms with Gasteiger partial charge in [0.2, 0.25) is 0 Å². The third-order valence-corrected chi connectivity index (χ3v) is 3.50. The molecule has 0 aliphatic heterocycles. The fourth-order valence-electron chi connectivity index (χ4n) is 2.13. The first-order chi connectivity index (χ1) is 10.2. The van der Waals surface area contributed by atoms with Gasteiger partial charge in [0, 0.05) is 18.4 Å². The Labute approximate surface area is 121 Å². The van der Waals surface area contributed by atoms with E-state index in [9.17, 15) is 4.79 Å². The lowest BCUT2D eigenvalue weighted by atomic mass is 9.93. The summed E-state index contributed by atoms with van der Waals surface area (Å²) < 4.78 is 6.13. The molecule has 0 aromatic carbocycles. The molecule has 8 nitrogen and oxygen atoms in total. The molecule has 8 heteroatoms. The fraction of sp³-hybridized carbons (Fsp3) is 0.385. The second kappa shape index (κ2) is 5.39. The topological polar surface area (TPSA) is 108 Å². The van der Waals surface area contributed by atoms with Crippen molar-refractivity contribution >= 4 is 17.6 Å². The molecule has 0 atom stereocenters. The summed E-state index contributed by atoms with van der Waals surface area (Å²) in [5.41, 5.74) is 6.25. The second-order valence-corrected chi connectivity index (χ2v) is 4.83. The predicted octanol–water partition coefficient (Wildman–Crippen LogP) is 0.995. The zero-order chi connectivity index (χ0) is 14.8. The lowest BCUT2D eigenvalue weighted by molar-refractivity contribution is 0.0603. The van der Waals surface area contributed by atoms with Crippen LogP contribution in [0.1, 0.15) is 29.6 Å². The van der Waals surface area contributed by atoms with Gasteiger partial charge in [0.15, 0.2) is 5.82 Å². The van der Waals surface area contributed by atoms with Crippen LogP contribution in [-0.2, 0) is 4.74 Å². The highest BCUT2D eigenvalue weighted by Gasteiger charge is 2.27. The Kier molecular flexibility index (Phi) is 3.43. The van der Waals surface area contributed by atoms with Crippen molar-refractivity contribution in [3.63, 3.8) is 0 Å². The number of nitrogens with one attached hydrogen (secondary N) is 1. The van der Waals surface area contributed by atoms with E-state index >= 15 is 0 Å². The Morgan fingerprint density at radius 1 is 1.43 bits per heavy atom. The molecular weight excluding hydrogens is 272 g/mol. The normalized spacial score (nSPS) is 14.5. The van der Waals surface area contributed by atoms with Gasteiger partial charge in [-0.05, 0) is 25.3 Å². The molecule has 0 bridgehead atoms. The van der Waals surface area contributed by atoms with Gasteiger partial charge >= 0.3 is 5.97 Å². The van der Waals surface area contributed by atoms with E-state index in [1.807, 2.05) is 0 Å². The lowest BCUT2D eigenvalue weighted by Crippen LogP contribution is -2.28. The van der Waals surface area contributed by atoms with Crippen molar-refractivity contribution in [1.82, 2.24) is 19.7 Å².